The van der Waals surface area contributed by atoms with Crippen LogP contribution in [0.4, 0.5) is 11.5 Å². The van der Waals surface area contributed by atoms with Gasteiger partial charge in [0.05, 0.1) is 31.9 Å². The van der Waals surface area contributed by atoms with Crippen LogP contribution in [0.15, 0.2) is 53.5 Å². The first-order valence-electron chi connectivity index (χ1n) is 7.62. The van der Waals surface area contributed by atoms with Gasteiger partial charge in [-0.15, -0.1) is 0 Å². The molecule has 0 radical (unpaired) electrons. The van der Waals surface area contributed by atoms with Crippen LogP contribution in [0.1, 0.15) is 12.6 Å². The summed E-state index contributed by atoms with van der Waals surface area (Å²) in [6.07, 6.45) is 3.38. The van der Waals surface area contributed by atoms with Crippen LogP contribution in [0, 0.1) is 6.92 Å². The fraction of sp³-hybridized carbons (Fsp3) is 0.294. The Balaban J connectivity index is 2.43. The molecule has 0 bridgehead atoms. The van der Waals surface area contributed by atoms with Crippen molar-refractivity contribution in [2.45, 2.75) is 18.7 Å². The molecule has 0 amide bonds. The van der Waals surface area contributed by atoms with Crippen LogP contribution in [0.3, 0.4) is 0 Å². The first kappa shape index (κ1) is 20.1. The standard InChI is InChI=1S/C17H20Br2N4OS/c1-5-23(3)11-20-16-10-15(19)17(21-12(16)2)22-25(4,24)14-8-6-13(18)7-9-14/h6-11H,5H2,1-4H3/b20-11-. The molecule has 1 unspecified atom stereocenters. The van der Waals surface area contributed by atoms with E-state index in [1.807, 2.05) is 37.1 Å². The highest BCUT2D eigenvalue weighted by atomic mass is 79.9. The van der Waals surface area contributed by atoms with Gasteiger partial charge in [0.25, 0.3) is 0 Å². The van der Waals surface area contributed by atoms with Crippen LogP contribution >= 0.6 is 31.9 Å². The number of rotatable bonds is 5. The summed E-state index contributed by atoms with van der Waals surface area (Å²) >= 11 is 6.84. The molecule has 1 atom stereocenters. The van der Waals surface area contributed by atoms with Crippen molar-refractivity contribution in [2.24, 2.45) is 9.36 Å². The molecule has 0 aliphatic carbocycles. The van der Waals surface area contributed by atoms with Crippen LogP contribution in [-0.2, 0) is 9.73 Å². The van der Waals surface area contributed by atoms with E-state index in [0.29, 0.717) is 15.2 Å². The van der Waals surface area contributed by atoms with E-state index >= 15 is 0 Å². The van der Waals surface area contributed by atoms with Gasteiger partial charge < -0.3 is 4.90 Å². The van der Waals surface area contributed by atoms with Gasteiger partial charge in [-0.05, 0) is 60.1 Å². The Kier molecular flexibility index (Phi) is 6.76. The highest BCUT2D eigenvalue weighted by Gasteiger charge is 2.11. The van der Waals surface area contributed by atoms with Gasteiger partial charge in [-0.2, -0.15) is 4.36 Å². The Morgan fingerprint density at radius 1 is 1.28 bits per heavy atom. The van der Waals surface area contributed by atoms with E-state index in [9.17, 15) is 4.21 Å². The van der Waals surface area contributed by atoms with Gasteiger partial charge >= 0.3 is 0 Å². The highest BCUT2D eigenvalue weighted by Crippen LogP contribution is 2.31. The number of halogens is 2. The molecule has 0 spiro atoms. The van der Waals surface area contributed by atoms with Gasteiger partial charge in [-0.1, -0.05) is 15.9 Å². The predicted octanol–water partition coefficient (Wildman–Crippen LogP) is 5.31. The summed E-state index contributed by atoms with van der Waals surface area (Å²) in [7, 11) is -0.643. The minimum atomic E-state index is -2.60. The Bertz CT molecular complexity index is 904. The van der Waals surface area contributed by atoms with Gasteiger partial charge in [0.15, 0.2) is 5.82 Å². The quantitative estimate of drug-likeness (QED) is 0.423. The third-order valence-corrected chi connectivity index (χ3v) is 6.31. The SMILES string of the molecule is CCN(C)/C=N\c1cc(Br)c(N=S(C)(=O)c2ccc(Br)cc2)nc1C. The molecule has 1 heterocycles. The molecule has 0 aliphatic heterocycles. The molecule has 0 saturated carbocycles. The van der Waals surface area contributed by atoms with Crippen molar-refractivity contribution in [3.63, 3.8) is 0 Å². The third-order valence-electron chi connectivity index (χ3n) is 3.53. The number of benzene rings is 1. The van der Waals surface area contributed by atoms with Gasteiger partial charge in [-0.3, -0.25) is 0 Å². The maximum atomic E-state index is 13.0. The summed E-state index contributed by atoms with van der Waals surface area (Å²) in [6.45, 7) is 4.78. The van der Waals surface area contributed by atoms with Crippen molar-refractivity contribution in [1.29, 1.82) is 0 Å². The molecular formula is C17H20Br2N4OS. The van der Waals surface area contributed by atoms with Crippen molar-refractivity contribution >= 4 is 59.4 Å². The Morgan fingerprint density at radius 2 is 1.92 bits per heavy atom. The van der Waals surface area contributed by atoms with Crippen molar-refractivity contribution in [2.75, 3.05) is 19.8 Å². The van der Waals surface area contributed by atoms with E-state index in [2.05, 4.69) is 53.1 Å². The first-order chi connectivity index (χ1) is 11.7. The number of aromatic nitrogens is 1. The summed E-state index contributed by atoms with van der Waals surface area (Å²) in [6, 6.07) is 9.15. The maximum Gasteiger partial charge on any atom is 0.176 e. The average molecular weight is 488 g/mol. The fourth-order valence-electron chi connectivity index (χ4n) is 1.90. The van der Waals surface area contributed by atoms with Gasteiger partial charge in [0.1, 0.15) is 0 Å². The molecular weight excluding hydrogens is 468 g/mol. The molecule has 0 saturated heterocycles. The second-order valence-corrected chi connectivity index (χ2v) is 9.59. The van der Waals surface area contributed by atoms with E-state index < -0.39 is 9.73 Å². The van der Waals surface area contributed by atoms with E-state index in [4.69, 9.17) is 0 Å². The maximum absolute atomic E-state index is 13.0. The van der Waals surface area contributed by atoms with Crippen LogP contribution in [0.5, 0.6) is 0 Å². The average Bonchev–Trinajstić information content (AvgIpc) is 2.56. The van der Waals surface area contributed by atoms with E-state index in [-0.39, 0.29) is 0 Å². The number of hydrogen-bond donors (Lipinski definition) is 0. The van der Waals surface area contributed by atoms with Gasteiger partial charge in [0.2, 0.25) is 0 Å². The summed E-state index contributed by atoms with van der Waals surface area (Å²) in [4.78, 5) is 11.5. The molecule has 8 heteroatoms. The largest absolute Gasteiger partial charge is 0.366 e. The van der Waals surface area contributed by atoms with Crippen molar-refractivity contribution in [3.05, 3.63) is 45.0 Å². The number of hydrogen-bond acceptors (Lipinski definition) is 4. The predicted molar refractivity (Wildman–Crippen MR) is 112 cm³/mol. The molecule has 0 N–H and O–H groups in total. The van der Waals surface area contributed by atoms with Crippen LogP contribution in [0.25, 0.3) is 0 Å². The fourth-order valence-corrected chi connectivity index (χ4v) is 3.89. The summed E-state index contributed by atoms with van der Waals surface area (Å²) in [5.41, 5.74) is 1.48. The summed E-state index contributed by atoms with van der Waals surface area (Å²) in [5.74, 6) is 0.413. The summed E-state index contributed by atoms with van der Waals surface area (Å²) in [5, 5.41) is 0. The van der Waals surface area contributed by atoms with Gasteiger partial charge in [0, 0.05) is 29.2 Å². The Labute approximate surface area is 166 Å². The molecule has 2 aromatic rings. The van der Waals surface area contributed by atoms with Crippen molar-refractivity contribution in [3.8, 4) is 0 Å². The lowest BCUT2D eigenvalue weighted by molar-refractivity contribution is 0.552. The zero-order valence-corrected chi connectivity index (χ0v) is 18.5. The molecule has 1 aromatic heterocycles. The number of aliphatic imine (C=N–C) groups is 1. The molecule has 1 aromatic carbocycles. The van der Waals surface area contributed by atoms with E-state index in [1.54, 1.807) is 24.7 Å². The molecule has 25 heavy (non-hydrogen) atoms. The van der Waals surface area contributed by atoms with Crippen LogP contribution in [0.2, 0.25) is 0 Å². The zero-order chi connectivity index (χ0) is 18.6. The first-order valence-corrected chi connectivity index (χ1v) is 11.1. The molecule has 5 nitrogen and oxygen atoms in total. The molecule has 0 fully saturated rings. The lowest BCUT2D eigenvalue weighted by Gasteiger charge is -2.10. The van der Waals surface area contributed by atoms with E-state index in [0.717, 1.165) is 22.4 Å². The smallest absolute Gasteiger partial charge is 0.176 e. The summed E-state index contributed by atoms with van der Waals surface area (Å²) < 4.78 is 19.0. The van der Waals surface area contributed by atoms with E-state index in [1.165, 1.54) is 0 Å². The molecule has 2 rings (SSSR count). The third kappa shape index (κ3) is 5.36. The monoisotopic (exact) mass is 486 g/mol. The molecule has 134 valence electrons. The topological polar surface area (TPSA) is 57.9 Å². The minimum Gasteiger partial charge on any atom is -0.366 e. The second kappa shape index (κ2) is 8.42. The minimum absolute atomic E-state index is 0.413. The second-order valence-electron chi connectivity index (χ2n) is 5.56. The van der Waals surface area contributed by atoms with Crippen molar-refractivity contribution in [1.82, 2.24) is 9.88 Å². The number of nitrogens with zero attached hydrogens (tertiary/aromatic N) is 4. The zero-order valence-electron chi connectivity index (χ0n) is 14.5. The lowest BCUT2D eigenvalue weighted by Crippen LogP contribution is -2.14. The number of pyridine rings is 1. The number of aryl methyl sites for hydroxylation is 1. The van der Waals surface area contributed by atoms with Gasteiger partial charge in [-0.25, -0.2) is 14.2 Å². The molecule has 0 aliphatic rings. The van der Waals surface area contributed by atoms with Crippen LogP contribution in [-0.4, -0.2) is 40.3 Å². The highest BCUT2D eigenvalue weighted by molar-refractivity contribution is 9.10. The lowest BCUT2D eigenvalue weighted by atomic mass is 10.3. The Hall–Kier alpha value is -1.25. The van der Waals surface area contributed by atoms with Crippen LogP contribution < -0.4 is 0 Å². The normalized spacial score (nSPS) is 13.7. The van der Waals surface area contributed by atoms with Crippen molar-refractivity contribution < 1.29 is 4.21 Å². The Morgan fingerprint density at radius 3 is 2.52 bits per heavy atom.